The third-order valence-electron chi connectivity index (χ3n) is 3.48. The van der Waals surface area contributed by atoms with E-state index in [1.807, 2.05) is 13.0 Å². The smallest absolute Gasteiger partial charge is 0.293 e. The molecule has 3 amide bonds. The summed E-state index contributed by atoms with van der Waals surface area (Å²) in [6.07, 6.45) is 3.86. The second kappa shape index (κ2) is 8.89. The molecule has 5 nitrogen and oxygen atoms in total. The van der Waals surface area contributed by atoms with Crippen molar-refractivity contribution in [3.63, 3.8) is 0 Å². The molecule has 0 atom stereocenters. The molecular formula is C17H19ClN2O3S. The quantitative estimate of drug-likeness (QED) is 0.747. The summed E-state index contributed by atoms with van der Waals surface area (Å²) >= 11 is 6.96. The number of hydrogen-bond donors (Lipinski definition) is 1. The lowest BCUT2D eigenvalue weighted by Gasteiger charge is -2.12. The predicted octanol–water partition coefficient (Wildman–Crippen LogP) is 3.68. The van der Waals surface area contributed by atoms with Gasteiger partial charge in [-0.05, 0) is 35.9 Å². The van der Waals surface area contributed by atoms with E-state index in [1.54, 1.807) is 24.3 Å². The summed E-state index contributed by atoms with van der Waals surface area (Å²) in [4.78, 5) is 37.4. The Balaban J connectivity index is 1.94. The van der Waals surface area contributed by atoms with E-state index in [2.05, 4.69) is 5.32 Å². The van der Waals surface area contributed by atoms with Crippen molar-refractivity contribution in [3.8, 4) is 0 Å². The topological polar surface area (TPSA) is 66.5 Å². The molecule has 0 aromatic heterocycles. The monoisotopic (exact) mass is 366 g/mol. The summed E-state index contributed by atoms with van der Waals surface area (Å²) in [7, 11) is 0. The van der Waals surface area contributed by atoms with Gasteiger partial charge >= 0.3 is 0 Å². The van der Waals surface area contributed by atoms with Crippen LogP contribution < -0.4 is 5.32 Å². The van der Waals surface area contributed by atoms with Gasteiger partial charge in [0.05, 0.1) is 4.91 Å². The Hall–Kier alpha value is -1.79. The van der Waals surface area contributed by atoms with Crippen LogP contribution in [0.3, 0.4) is 0 Å². The van der Waals surface area contributed by atoms with E-state index in [0.717, 1.165) is 29.5 Å². The minimum Gasteiger partial charge on any atom is -0.354 e. The Labute approximate surface area is 150 Å². The fourth-order valence-electron chi connectivity index (χ4n) is 2.16. The van der Waals surface area contributed by atoms with E-state index in [4.69, 9.17) is 11.6 Å². The van der Waals surface area contributed by atoms with Crippen molar-refractivity contribution in [2.75, 3.05) is 13.1 Å². The van der Waals surface area contributed by atoms with E-state index >= 15 is 0 Å². The molecule has 2 rings (SSSR count). The highest BCUT2D eigenvalue weighted by atomic mass is 35.5. The average Bonchev–Trinajstić information content (AvgIpc) is 2.82. The molecule has 1 aromatic rings. The number of halogens is 1. The molecule has 1 aliphatic heterocycles. The van der Waals surface area contributed by atoms with Crippen LogP contribution in [-0.4, -0.2) is 35.0 Å². The number of amides is 3. The molecule has 24 heavy (non-hydrogen) atoms. The number of nitrogens with one attached hydrogen (secondary N) is 1. The van der Waals surface area contributed by atoms with Gasteiger partial charge in [0.15, 0.2) is 0 Å². The number of thioether (sulfide) groups is 1. The van der Waals surface area contributed by atoms with Crippen molar-refractivity contribution in [1.82, 2.24) is 10.2 Å². The first-order chi connectivity index (χ1) is 11.5. The fraction of sp³-hybridized carbons (Fsp3) is 0.353. The summed E-state index contributed by atoms with van der Waals surface area (Å²) in [5.41, 5.74) is 0.692. The highest BCUT2D eigenvalue weighted by Gasteiger charge is 2.34. The van der Waals surface area contributed by atoms with Gasteiger partial charge in [0.25, 0.3) is 11.1 Å². The lowest BCUT2D eigenvalue weighted by molar-refractivity contribution is -0.124. The van der Waals surface area contributed by atoms with Crippen LogP contribution in [0.2, 0.25) is 5.02 Å². The van der Waals surface area contributed by atoms with Gasteiger partial charge < -0.3 is 5.32 Å². The molecule has 1 aromatic carbocycles. The zero-order chi connectivity index (χ0) is 17.5. The maximum atomic E-state index is 12.3. The van der Waals surface area contributed by atoms with Crippen LogP contribution in [0, 0.1) is 0 Å². The Morgan fingerprint density at radius 2 is 2.08 bits per heavy atom. The highest BCUT2D eigenvalue weighted by Crippen LogP contribution is 2.33. The molecule has 1 aliphatic rings. The van der Waals surface area contributed by atoms with Crippen molar-refractivity contribution in [2.45, 2.75) is 26.2 Å². The van der Waals surface area contributed by atoms with E-state index in [9.17, 15) is 14.4 Å². The van der Waals surface area contributed by atoms with Crippen molar-refractivity contribution in [2.24, 2.45) is 0 Å². The number of hydrogen-bond acceptors (Lipinski definition) is 4. The van der Waals surface area contributed by atoms with Crippen LogP contribution in [-0.2, 0) is 9.59 Å². The zero-order valence-corrected chi connectivity index (χ0v) is 15.0. The Kier molecular flexibility index (Phi) is 6.87. The third-order valence-corrected chi connectivity index (χ3v) is 4.73. The largest absolute Gasteiger partial charge is 0.354 e. The van der Waals surface area contributed by atoms with Crippen LogP contribution in [0.25, 0.3) is 6.08 Å². The summed E-state index contributed by atoms with van der Waals surface area (Å²) < 4.78 is 0. The van der Waals surface area contributed by atoms with E-state index < -0.39 is 0 Å². The number of carbonyl (C=O) groups is 3. The van der Waals surface area contributed by atoms with Gasteiger partial charge in [-0.25, -0.2) is 0 Å². The summed E-state index contributed by atoms with van der Waals surface area (Å²) in [5.74, 6) is -0.414. The number of carbonyl (C=O) groups excluding carboxylic acids is 3. The number of benzene rings is 1. The average molecular weight is 367 g/mol. The molecule has 1 N–H and O–H groups in total. The normalized spacial score (nSPS) is 16.1. The van der Waals surface area contributed by atoms with Gasteiger partial charge in [-0.15, -0.1) is 0 Å². The molecule has 7 heteroatoms. The second-order valence-electron chi connectivity index (χ2n) is 5.31. The lowest BCUT2D eigenvalue weighted by Crippen LogP contribution is -2.37. The highest BCUT2D eigenvalue weighted by molar-refractivity contribution is 8.18. The van der Waals surface area contributed by atoms with Crippen LogP contribution in [0.1, 0.15) is 31.7 Å². The van der Waals surface area contributed by atoms with E-state index in [1.165, 1.54) is 0 Å². The molecule has 128 valence electrons. The summed E-state index contributed by atoms with van der Waals surface area (Å²) in [6.45, 7) is 2.45. The second-order valence-corrected chi connectivity index (χ2v) is 6.71. The van der Waals surface area contributed by atoms with Gasteiger partial charge in [0, 0.05) is 24.5 Å². The first-order valence-corrected chi connectivity index (χ1v) is 8.99. The molecule has 0 bridgehead atoms. The summed E-state index contributed by atoms with van der Waals surface area (Å²) in [5, 5.41) is 2.91. The SMILES string of the molecule is CCCCC(=O)NCCN1C(=O)S/C(=C\c2ccccc2Cl)C1=O. The van der Waals surface area contributed by atoms with Crippen molar-refractivity contribution >= 4 is 46.5 Å². The molecule has 0 aliphatic carbocycles. The minimum absolute atomic E-state index is 0.0598. The molecule has 1 fully saturated rings. The molecule has 0 spiro atoms. The van der Waals surface area contributed by atoms with Crippen molar-refractivity contribution < 1.29 is 14.4 Å². The van der Waals surface area contributed by atoms with Crippen LogP contribution in [0.4, 0.5) is 4.79 Å². The first kappa shape index (κ1) is 18.5. The van der Waals surface area contributed by atoms with E-state index in [0.29, 0.717) is 21.9 Å². The van der Waals surface area contributed by atoms with Crippen molar-refractivity contribution in [1.29, 1.82) is 0 Å². The molecule has 1 heterocycles. The number of rotatable bonds is 7. The maximum Gasteiger partial charge on any atom is 0.293 e. The standard InChI is InChI=1S/C17H19ClN2O3S/c1-2-3-8-15(21)19-9-10-20-16(22)14(24-17(20)23)11-12-6-4-5-7-13(12)18/h4-7,11H,2-3,8-10H2,1H3,(H,19,21)/b14-11-. The van der Waals surface area contributed by atoms with E-state index in [-0.39, 0.29) is 30.1 Å². The minimum atomic E-state index is -0.354. The summed E-state index contributed by atoms with van der Waals surface area (Å²) in [6, 6.07) is 7.12. The van der Waals surface area contributed by atoms with Gasteiger partial charge in [0.1, 0.15) is 0 Å². The zero-order valence-electron chi connectivity index (χ0n) is 13.4. The predicted molar refractivity (Wildman–Crippen MR) is 96.7 cm³/mol. The molecule has 0 radical (unpaired) electrons. The van der Waals surface area contributed by atoms with Gasteiger partial charge in [0.2, 0.25) is 5.91 Å². The first-order valence-electron chi connectivity index (χ1n) is 7.79. The van der Waals surface area contributed by atoms with Crippen LogP contribution in [0.5, 0.6) is 0 Å². The molecule has 0 unspecified atom stereocenters. The number of nitrogens with zero attached hydrogens (tertiary/aromatic N) is 1. The molecular weight excluding hydrogens is 348 g/mol. The third kappa shape index (κ3) is 4.85. The Morgan fingerprint density at radius 3 is 2.79 bits per heavy atom. The lowest BCUT2D eigenvalue weighted by atomic mass is 10.2. The van der Waals surface area contributed by atoms with Gasteiger partial charge in [-0.3, -0.25) is 19.3 Å². The maximum absolute atomic E-state index is 12.3. The van der Waals surface area contributed by atoms with Crippen LogP contribution in [0.15, 0.2) is 29.2 Å². The number of unbranched alkanes of at least 4 members (excludes halogenated alkanes) is 1. The molecule has 0 saturated carbocycles. The van der Waals surface area contributed by atoms with Crippen LogP contribution >= 0.6 is 23.4 Å². The van der Waals surface area contributed by atoms with Gasteiger partial charge in [-0.1, -0.05) is 43.1 Å². The number of imide groups is 1. The van der Waals surface area contributed by atoms with Crippen molar-refractivity contribution in [3.05, 3.63) is 39.8 Å². The Morgan fingerprint density at radius 1 is 1.33 bits per heavy atom. The molecule has 1 saturated heterocycles. The fourth-order valence-corrected chi connectivity index (χ4v) is 3.21. The van der Waals surface area contributed by atoms with Gasteiger partial charge in [-0.2, -0.15) is 0 Å². The Bertz CT molecular complexity index is 676.